The minimum atomic E-state index is 0.00306. The van der Waals surface area contributed by atoms with Gasteiger partial charge in [0.05, 0.1) is 0 Å². The van der Waals surface area contributed by atoms with Gasteiger partial charge >= 0.3 is 11.9 Å². The zero-order chi connectivity index (χ0) is 40.9. The number of carbonyl (C=O) groups excluding carboxylic acids is 4. The second-order valence-electron chi connectivity index (χ2n) is 22.4. The molecule has 6 fully saturated rings. The molecule has 0 heterocycles. The first-order chi connectivity index (χ1) is 27.8. The van der Waals surface area contributed by atoms with E-state index in [9.17, 15) is 19.2 Å². The first kappa shape index (κ1) is 42.5. The van der Waals surface area contributed by atoms with Crippen molar-refractivity contribution in [1.82, 2.24) is 0 Å². The van der Waals surface area contributed by atoms with Gasteiger partial charge in [-0.25, -0.2) is 0 Å². The number of rotatable bonds is 13. The number of esters is 2. The molecule has 0 radical (unpaired) electrons. The van der Waals surface area contributed by atoms with Crippen LogP contribution in [0.3, 0.4) is 0 Å². The Morgan fingerprint density at radius 3 is 1.31 bits per heavy atom. The van der Waals surface area contributed by atoms with E-state index in [0.717, 1.165) is 89.9 Å². The summed E-state index contributed by atoms with van der Waals surface area (Å²) in [6.45, 7) is 14.6. The highest BCUT2D eigenvalue weighted by molar-refractivity contribution is 5.91. The molecule has 8 aliphatic carbocycles. The average Bonchev–Trinajstić information content (AvgIpc) is 3.65. The van der Waals surface area contributed by atoms with Gasteiger partial charge in [0.2, 0.25) is 0 Å². The predicted octanol–water partition coefficient (Wildman–Crippen LogP) is 12.0. The Labute approximate surface area is 351 Å². The third-order valence-electron chi connectivity index (χ3n) is 18.8. The van der Waals surface area contributed by atoms with E-state index in [-0.39, 0.29) is 35.0 Å². The normalized spacial score (nSPS) is 44.1. The van der Waals surface area contributed by atoms with Gasteiger partial charge in [-0.2, -0.15) is 0 Å². The highest BCUT2D eigenvalue weighted by atomic mass is 16.5. The molecule has 0 aromatic carbocycles. The van der Waals surface area contributed by atoms with Gasteiger partial charge in [-0.3, -0.25) is 19.2 Å². The second kappa shape index (κ2) is 17.3. The molecular formula is C52H78O6. The Morgan fingerprint density at radius 2 is 0.914 bits per heavy atom. The Bertz CT molecular complexity index is 1510. The summed E-state index contributed by atoms with van der Waals surface area (Å²) >= 11 is 0. The lowest BCUT2D eigenvalue weighted by molar-refractivity contribution is -0.163. The van der Waals surface area contributed by atoms with Crippen molar-refractivity contribution in [2.45, 2.75) is 195 Å². The monoisotopic (exact) mass is 799 g/mol. The van der Waals surface area contributed by atoms with Crippen LogP contribution in [0.15, 0.2) is 23.3 Å². The summed E-state index contributed by atoms with van der Waals surface area (Å²) in [5, 5.41) is 0. The molecule has 0 N–H and O–H groups in total. The predicted molar refractivity (Wildman–Crippen MR) is 228 cm³/mol. The summed E-state index contributed by atoms with van der Waals surface area (Å²) in [4.78, 5) is 50.8. The van der Waals surface area contributed by atoms with E-state index < -0.39 is 0 Å². The third-order valence-corrected chi connectivity index (χ3v) is 18.8. The third kappa shape index (κ3) is 8.00. The van der Waals surface area contributed by atoms with Crippen LogP contribution < -0.4 is 0 Å². The fourth-order valence-electron chi connectivity index (χ4n) is 16.6. The summed E-state index contributed by atoms with van der Waals surface area (Å²) in [6.07, 6.45) is 26.0. The molecule has 6 saturated carbocycles. The molecule has 58 heavy (non-hydrogen) atoms. The topological polar surface area (TPSA) is 86.7 Å². The van der Waals surface area contributed by atoms with Gasteiger partial charge < -0.3 is 9.47 Å². The Morgan fingerprint density at radius 1 is 0.534 bits per heavy atom. The summed E-state index contributed by atoms with van der Waals surface area (Å²) in [5.41, 5.74) is 3.01. The molecular weight excluding hydrogens is 721 g/mol. The maximum atomic E-state index is 13.1. The highest BCUT2D eigenvalue weighted by Gasteiger charge is 2.62. The molecule has 16 atom stereocenters. The molecule has 8 rings (SSSR count). The van der Waals surface area contributed by atoms with Crippen LogP contribution in [0, 0.1) is 81.8 Å². The van der Waals surface area contributed by atoms with Crippen LogP contribution in [-0.2, 0) is 28.7 Å². The van der Waals surface area contributed by atoms with Crippen LogP contribution >= 0.6 is 0 Å². The second-order valence-corrected chi connectivity index (χ2v) is 22.4. The molecule has 0 bridgehead atoms. The number of carbonyl (C=O) groups is 4. The molecule has 322 valence electrons. The van der Waals surface area contributed by atoms with Crippen LogP contribution in [0.1, 0.15) is 183 Å². The maximum absolute atomic E-state index is 13.1. The van der Waals surface area contributed by atoms with Crippen molar-refractivity contribution >= 4 is 23.5 Å². The lowest BCUT2D eigenvalue weighted by atomic mass is 9.47. The van der Waals surface area contributed by atoms with E-state index in [0.29, 0.717) is 108 Å². The van der Waals surface area contributed by atoms with Gasteiger partial charge in [0.25, 0.3) is 0 Å². The average molecular weight is 799 g/mol. The number of allylic oxidation sites excluding steroid dienone is 2. The van der Waals surface area contributed by atoms with Crippen LogP contribution in [0.5, 0.6) is 0 Å². The summed E-state index contributed by atoms with van der Waals surface area (Å²) < 4.78 is 12.7. The van der Waals surface area contributed by atoms with Gasteiger partial charge in [0.1, 0.15) is 12.2 Å². The fraction of sp³-hybridized carbons (Fsp3) is 0.846. The largest absolute Gasteiger partial charge is 0.462 e. The molecule has 0 spiro atoms. The molecule has 0 saturated heterocycles. The summed E-state index contributed by atoms with van der Waals surface area (Å²) in [7, 11) is 0. The molecule has 8 unspecified atom stereocenters. The van der Waals surface area contributed by atoms with E-state index in [4.69, 9.17) is 9.47 Å². The van der Waals surface area contributed by atoms with E-state index in [1.165, 1.54) is 36.8 Å². The number of unbranched alkanes of at least 4 members (excludes halogenated alkanes) is 7. The Hall–Kier alpha value is -2.24. The first-order valence-corrected chi connectivity index (χ1v) is 24.6. The van der Waals surface area contributed by atoms with Crippen molar-refractivity contribution in [2.24, 2.45) is 81.8 Å². The van der Waals surface area contributed by atoms with Crippen LogP contribution in [0.25, 0.3) is 0 Å². The Balaban J connectivity index is 0.697. The minimum absolute atomic E-state index is 0.00306. The van der Waals surface area contributed by atoms with E-state index in [1.807, 2.05) is 12.2 Å². The highest BCUT2D eigenvalue weighted by Crippen LogP contribution is 2.67. The molecule has 0 aromatic rings. The van der Waals surface area contributed by atoms with Gasteiger partial charge in [-0.15, -0.1) is 0 Å². The maximum Gasteiger partial charge on any atom is 0.306 e. The van der Waals surface area contributed by atoms with Crippen LogP contribution in [0.2, 0.25) is 0 Å². The van der Waals surface area contributed by atoms with Crippen molar-refractivity contribution in [3.05, 3.63) is 23.3 Å². The molecule has 8 aliphatic rings. The fourth-order valence-corrected chi connectivity index (χ4v) is 16.6. The van der Waals surface area contributed by atoms with Crippen molar-refractivity contribution in [1.29, 1.82) is 0 Å². The quantitative estimate of drug-likeness (QED) is 0.136. The number of ketones is 2. The smallest absolute Gasteiger partial charge is 0.306 e. The number of hydrogen-bond donors (Lipinski definition) is 0. The lowest BCUT2D eigenvalue weighted by Gasteiger charge is -2.58. The summed E-state index contributed by atoms with van der Waals surface area (Å²) in [6, 6.07) is 0. The zero-order valence-electron chi connectivity index (χ0n) is 37.2. The zero-order valence-corrected chi connectivity index (χ0v) is 37.2. The lowest BCUT2D eigenvalue weighted by Crippen LogP contribution is -2.54. The van der Waals surface area contributed by atoms with E-state index >= 15 is 0 Å². The van der Waals surface area contributed by atoms with Crippen molar-refractivity contribution in [2.75, 3.05) is 0 Å². The molecule has 0 aromatic heterocycles. The van der Waals surface area contributed by atoms with E-state index in [2.05, 4.69) is 41.5 Å². The number of hydrogen-bond acceptors (Lipinski definition) is 6. The van der Waals surface area contributed by atoms with Crippen molar-refractivity contribution in [3.63, 3.8) is 0 Å². The van der Waals surface area contributed by atoms with Crippen LogP contribution in [0.4, 0.5) is 0 Å². The van der Waals surface area contributed by atoms with Gasteiger partial charge in [-0.1, -0.05) is 91.2 Å². The van der Waals surface area contributed by atoms with Crippen molar-refractivity contribution in [3.8, 4) is 0 Å². The first-order valence-electron chi connectivity index (χ1n) is 24.6. The van der Waals surface area contributed by atoms with Crippen molar-refractivity contribution < 1.29 is 28.7 Å². The standard InChI is InChI=1S/C52H78O6/c1-31-25-35-27-37(53)17-19-39(35)47-33(3)29-51(5)41(49(31)47)21-23-43(51)57-45(55)15-13-11-9-7-8-10-12-14-16-46(56)58-44-24-22-42-50-32(2)26-36-28-38(54)18-20-40(36)48(50)34(4)30-52(42,44)6/h27-28,31-34,39-44,47-50H,7-26,29-30H2,1-6H3/t31-,32-,33+,34+,39?,40?,41?,42?,43+,44+,47?,48?,49?,50?,51+,52+/m1/s1. The summed E-state index contributed by atoms with van der Waals surface area (Å²) in [5.74, 6) is 8.08. The molecule has 0 amide bonds. The molecule has 6 nitrogen and oxygen atoms in total. The number of fused-ring (bicyclic) bond motifs is 10. The number of ether oxygens (including phenoxy) is 2. The van der Waals surface area contributed by atoms with Gasteiger partial charge in [0.15, 0.2) is 11.6 Å². The molecule has 0 aliphatic heterocycles. The van der Waals surface area contributed by atoms with Gasteiger partial charge in [0, 0.05) is 36.5 Å². The Kier molecular flexibility index (Phi) is 12.6. The minimum Gasteiger partial charge on any atom is -0.462 e. The van der Waals surface area contributed by atoms with Gasteiger partial charge in [-0.05, 0) is 160 Å². The van der Waals surface area contributed by atoms with E-state index in [1.54, 1.807) is 0 Å². The van der Waals surface area contributed by atoms with Crippen LogP contribution in [-0.4, -0.2) is 35.7 Å². The molecule has 6 heteroatoms. The SMILES string of the molecule is C[C@@H]1CC2=CC(=O)CCC2C2C1C1CC[C@H](OC(=O)CCCCCCCCCCC(=O)O[C@H]3CCC4C5C(C6CCC(=O)C=C6C[C@H]5C)[C@@H](C)C[C@@]43C)[C@@]1(C)C[C@@H]2C.